The van der Waals surface area contributed by atoms with Crippen LogP contribution >= 0.6 is 15.9 Å². The second-order valence-corrected chi connectivity index (χ2v) is 5.94. The summed E-state index contributed by atoms with van der Waals surface area (Å²) in [6, 6.07) is 12.7. The van der Waals surface area contributed by atoms with Gasteiger partial charge in [-0.2, -0.15) is 0 Å². The van der Waals surface area contributed by atoms with Crippen molar-refractivity contribution in [2.24, 2.45) is 5.84 Å². The number of nitrogens with two attached hydrogens (primary N) is 1. The summed E-state index contributed by atoms with van der Waals surface area (Å²) >= 11 is 3.39. The lowest BCUT2D eigenvalue weighted by atomic mass is 9.95. The first-order valence-corrected chi connectivity index (χ1v) is 7.33. The van der Waals surface area contributed by atoms with Crippen molar-refractivity contribution in [3.63, 3.8) is 0 Å². The van der Waals surface area contributed by atoms with E-state index < -0.39 is 0 Å². The van der Waals surface area contributed by atoms with E-state index in [1.807, 2.05) is 0 Å². The van der Waals surface area contributed by atoms with Crippen LogP contribution in [0.4, 0.5) is 4.39 Å². The van der Waals surface area contributed by atoms with E-state index in [0.717, 1.165) is 11.1 Å². The van der Waals surface area contributed by atoms with Gasteiger partial charge in [-0.05, 0) is 34.7 Å². The maximum Gasteiger partial charge on any atom is 0.124 e. The molecule has 0 heterocycles. The summed E-state index contributed by atoms with van der Waals surface area (Å²) in [5, 5.41) is 0. The summed E-state index contributed by atoms with van der Waals surface area (Å²) in [6.45, 7) is 4.31. The van der Waals surface area contributed by atoms with E-state index in [1.165, 1.54) is 17.7 Å². The van der Waals surface area contributed by atoms with Crippen LogP contribution in [0.5, 0.6) is 0 Å². The Morgan fingerprint density at radius 3 is 2.15 bits per heavy atom. The predicted octanol–water partition coefficient (Wildman–Crippen LogP) is 4.26. The van der Waals surface area contributed by atoms with Gasteiger partial charge in [0.1, 0.15) is 5.82 Å². The van der Waals surface area contributed by atoms with E-state index >= 15 is 0 Å². The minimum Gasteiger partial charge on any atom is -0.271 e. The van der Waals surface area contributed by atoms with Crippen molar-refractivity contribution in [1.82, 2.24) is 5.43 Å². The van der Waals surface area contributed by atoms with E-state index in [0.29, 0.717) is 10.4 Å². The van der Waals surface area contributed by atoms with Crippen molar-refractivity contribution in [1.29, 1.82) is 0 Å². The zero-order valence-corrected chi connectivity index (χ0v) is 13.1. The van der Waals surface area contributed by atoms with Crippen LogP contribution in [0, 0.1) is 5.82 Å². The minimum absolute atomic E-state index is 0.175. The summed E-state index contributed by atoms with van der Waals surface area (Å²) in [7, 11) is 0. The van der Waals surface area contributed by atoms with E-state index in [9.17, 15) is 4.39 Å². The Bertz CT molecular complexity index is 582. The fourth-order valence-corrected chi connectivity index (χ4v) is 2.75. The van der Waals surface area contributed by atoms with E-state index in [-0.39, 0.29) is 11.9 Å². The standard InChI is InChI=1S/C16H18BrFN2/c1-10(2)11-3-5-12(6-4-11)16(20-19)14-8-7-13(18)9-15(14)17/h3-10,16,20H,19H2,1-2H3. The highest BCUT2D eigenvalue weighted by Gasteiger charge is 2.16. The second kappa shape index (κ2) is 6.48. The largest absolute Gasteiger partial charge is 0.271 e. The van der Waals surface area contributed by atoms with Gasteiger partial charge in [-0.3, -0.25) is 5.84 Å². The van der Waals surface area contributed by atoms with Gasteiger partial charge in [-0.25, -0.2) is 9.82 Å². The Kier molecular flexibility index (Phi) is 4.91. The maximum absolute atomic E-state index is 13.2. The molecule has 1 unspecified atom stereocenters. The molecule has 0 bridgehead atoms. The van der Waals surface area contributed by atoms with Gasteiger partial charge in [0, 0.05) is 4.47 Å². The third kappa shape index (κ3) is 3.26. The lowest BCUT2D eigenvalue weighted by molar-refractivity contribution is 0.612. The van der Waals surface area contributed by atoms with Gasteiger partial charge in [-0.1, -0.05) is 60.1 Å². The third-order valence-corrected chi connectivity index (χ3v) is 4.06. The summed E-state index contributed by atoms with van der Waals surface area (Å²) in [5.74, 6) is 5.90. The first-order valence-electron chi connectivity index (χ1n) is 6.54. The molecule has 0 saturated heterocycles. The molecule has 0 aliphatic carbocycles. The summed E-state index contributed by atoms with van der Waals surface area (Å²) in [4.78, 5) is 0. The number of halogens is 2. The molecule has 20 heavy (non-hydrogen) atoms. The van der Waals surface area contributed by atoms with Gasteiger partial charge in [0.2, 0.25) is 0 Å². The topological polar surface area (TPSA) is 38.0 Å². The number of benzene rings is 2. The Balaban J connectivity index is 2.36. The Morgan fingerprint density at radius 1 is 1.05 bits per heavy atom. The highest BCUT2D eigenvalue weighted by molar-refractivity contribution is 9.10. The van der Waals surface area contributed by atoms with Crippen molar-refractivity contribution in [2.75, 3.05) is 0 Å². The molecule has 0 aliphatic rings. The molecule has 0 aliphatic heterocycles. The van der Waals surface area contributed by atoms with Gasteiger partial charge in [-0.15, -0.1) is 0 Å². The SMILES string of the molecule is CC(C)c1ccc(C(NN)c2ccc(F)cc2Br)cc1. The molecule has 2 rings (SSSR count). The maximum atomic E-state index is 13.2. The lowest BCUT2D eigenvalue weighted by Crippen LogP contribution is -2.29. The van der Waals surface area contributed by atoms with E-state index in [1.54, 1.807) is 6.07 Å². The van der Waals surface area contributed by atoms with Crippen molar-refractivity contribution >= 4 is 15.9 Å². The van der Waals surface area contributed by atoms with Gasteiger partial charge in [0.25, 0.3) is 0 Å². The van der Waals surface area contributed by atoms with Crippen molar-refractivity contribution in [2.45, 2.75) is 25.8 Å². The number of hydrazine groups is 1. The molecule has 0 fully saturated rings. The normalized spacial score (nSPS) is 12.7. The average molecular weight is 337 g/mol. The fourth-order valence-electron chi connectivity index (χ4n) is 2.17. The molecule has 1 atom stereocenters. The summed E-state index contributed by atoms with van der Waals surface area (Å²) < 4.78 is 13.9. The van der Waals surface area contributed by atoms with Crippen LogP contribution in [0.1, 0.15) is 42.5 Å². The van der Waals surface area contributed by atoms with Gasteiger partial charge >= 0.3 is 0 Å². The Hall–Kier alpha value is -1.23. The van der Waals surface area contributed by atoms with Crippen LogP contribution in [-0.2, 0) is 0 Å². The Labute approximate surface area is 127 Å². The summed E-state index contributed by atoms with van der Waals surface area (Å²) in [6.07, 6.45) is 0. The number of rotatable bonds is 4. The lowest BCUT2D eigenvalue weighted by Gasteiger charge is -2.19. The quantitative estimate of drug-likeness (QED) is 0.646. The average Bonchev–Trinajstić information content (AvgIpc) is 2.42. The zero-order chi connectivity index (χ0) is 14.7. The van der Waals surface area contributed by atoms with Crippen molar-refractivity contribution in [3.8, 4) is 0 Å². The van der Waals surface area contributed by atoms with Crippen LogP contribution in [-0.4, -0.2) is 0 Å². The molecule has 0 spiro atoms. The molecule has 3 N–H and O–H groups in total. The molecule has 0 aromatic heterocycles. The predicted molar refractivity (Wildman–Crippen MR) is 83.8 cm³/mol. The molecule has 0 saturated carbocycles. The van der Waals surface area contributed by atoms with Crippen LogP contribution < -0.4 is 11.3 Å². The second-order valence-electron chi connectivity index (χ2n) is 5.09. The third-order valence-electron chi connectivity index (χ3n) is 3.38. The zero-order valence-electron chi connectivity index (χ0n) is 11.5. The number of hydrogen-bond donors (Lipinski definition) is 2. The fraction of sp³-hybridized carbons (Fsp3) is 0.250. The highest BCUT2D eigenvalue weighted by atomic mass is 79.9. The highest BCUT2D eigenvalue weighted by Crippen LogP contribution is 2.29. The van der Waals surface area contributed by atoms with Crippen LogP contribution in [0.15, 0.2) is 46.9 Å². The van der Waals surface area contributed by atoms with E-state index in [2.05, 4.69) is 59.5 Å². The monoisotopic (exact) mass is 336 g/mol. The number of nitrogens with one attached hydrogen (secondary N) is 1. The summed E-state index contributed by atoms with van der Waals surface area (Å²) in [5.41, 5.74) is 6.03. The molecule has 2 aromatic rings. The first-order chi connectivity index (χ1) is 9.52. The van der Waals surface area contributed by atoms with Crippen molar-refractivity contribution in [3.05, 3.63) is 69.4 Å². The number of hydrogen-bond acceptors (Lipinski definition) is 2. The molecule has 106 valence electrons. The van der Waals surface area contributed by atoms with Crippen molar-refractivity contribution < 1.29 is 4.39 Å². The molecule has 2 nitrogen and oxygen atoms in total. The van der Waals surface area contributed by atoms with E-state index in [4.69, 9.17) is 5.84 Å². The van der Waals surface area contributed by atoms with Crippen LogP contribution in [0.2, 0.25) is 0 Å². The van der Waals surface area contributed by atoms with Gasteiger partial charge < -0.3 is 0 Å². The van der Waals surface area contributed by atoms with Gasteiger partial charge in [0.15, 0.2) is 0 Å². The van der Waals surface area contributed by atoms with Gasteiger partial charge in [0.05, 0.1) is 6.04 Å². The molecule has 4 heteroatoms. The molecule has 0 amide bonds. The smallest absolute Gasteiger partial charge is 0.124 e. The molecule has 0 radical (unpaired) electrons. The molecular weight excluding hydrogens is 319 g/mol. The molecule has 2 aromatic carbocycles. The molecular formula is C16H18BrFN2. The Morgan fingerprint density at radius 2 is 1.65 bits per heavy atom. The minimum atomic E-state index is -0.272. The van der Waals surface area contributed by atoms with Crippen LogP contribution in [0.3, 0.4) is 0 Å². The first kappa shape index (κ1) is 15.2. The van der Waals surface area contributed by atoms with Crippen LogP contribution in [0.25, 0.3) is 0 Å².